The maximum absolute atomic E-state index is 12.7. The Kier molecular flexibility index (Phi) is 7.53. The Morgan fingerprint density at radius 3 is 2.61 bits per heavy atom. The van der Waals surface area contributed by atoms with E-state index in [1.54, 1.807) is 23.5 Å². The van der Waals surface area contributed by atoms with Crippen molar-refractivity contribution in [2.75, 3.05) is 25.0 Å². The Morgan fingerprint density at radius 2 is 1.97 bits per heavy atom. The van der Waals surface area contributed by atoms with Crippen molar-refractivity contribution >= 4 is 39.8 Å². The minimum Gasteiger partial charge on any atom is -0.466 e. The molecule has 0 radical (unpaired) electrons. The highest BCUT2D eigenvalue weighted by Crippen LogP contribution is 2.41. The number of halogens is 1. The molecule has 1 N–H and O–H groups in total. The molecular weight excluding hydrogens is 460 g/mol. The van der Waals surface area contributed by atoms with Crippen molar-refractivity contribution in [3.8, 4) is 0 Å². The van der Waals surface area contributed by atoms with Crippen molar-refractivity contribution in [3.63, 3.8) is 0 Å². The minimum absolute atomic E-state index is 0.0746. The molecule has 1 fully saturated rings. The predicted octanol–water partition coefficient (Wildman–Crippen LogP) is 5.92. The highest BCUT2D eigenvalue weighted by Gasteiger charge is 2.33. The van der Waals surface area contributed by atoms with Crippen LogP contribution in [0.3, 0.4) is 0 Å². The number of piperidine rings is 1. The normalized spacial score (nSPS) is 15.8. The fraction of sp³-hybridized carbons (Fsp3) is 0.360. The number of rotatable bonds is 7. The summed E-state index contributed by atoms with van der Waals surface area (Å²) in [4.78, 5) is 28.4. The molecule has 33 heavy (non-hydrogen) atoms. The number of furan rings is 1. The van der Waals surface area contributed by atoms with Crippen LogP contribution in [0.15, 0.2) is 53.1 Å². The average Bonchev–Trinajstić information content (AvgIpc) is 3.46. The Morgan fingerprint density at radius 1 is 1.24 bits per heavy atom. The highest BCUT2D eigenvalue weighted by atomic mass is 35.5. The molecule has 8 heteroatoms. The minimum atomic E-state index is -0.279. The molecule has 0 saturated carbocycles. The summed E-state index contributed by atoms with van der Waals surface area (Å²) < 4.78 is 10.5. The molecule has 0 unspecified atom stereocenters. The summed E-state index contributed by atoms with van der Waals surface area (Å²) >= 11 is 7.70. The van der Waals surface area contributed by atoms with Crippen molar-refractivity contribution < 1.29 is 18.7 Å². The molecule has 1 aliphatic heterocycles. The van der Waals surface area contributed by atoms with Gasteiger partial charge in [0.2, 0.25) is 0 Å². The van der Waals surface area contributed by atoms with Crippen LogP contribution in [0, 0.1) is 12.8 Å². The van der Waals surface area contributed by atoms with E-state index < -0.39 is 0 Å². The molecule has 3 aromatic rings. The summed E-state index contributed by atoms with van der Waals surface area (Å²) in [7, 11) is 0. The summed E-state index contributed by atoms with van der Waals surface area (Å²) in [6.45, 7) is 5.76. The second kappa shape index (κ2) is 10.5. The van der Waals surface area contributed by atoms with Gasteiger partial charge in [0.05, 0.1) is 24.8 Å². The van der Waals surface area contributed by atoms with Gasteiger partial charge in [-0.3, -0.25) is 14.5 Å². The first-order valence-corrected chi connectivity index (χ1v) is 12.3. The number of thiophene rings is 1. The quantitative estimate of drug-likeness (QED) is 0.420. The van der Waals surface area contributed by atoms with Gasteiger partial charge >= 0.3 is 5.97 Å². The summed E-state index contributed by atoms with van der Waals surface area (Å²) in [6, 6.07) is 13.2. The summed E-state index contributed by atoms with van der Waals surface area (Å²) in [5.74, 6) is -0.198. The molecule has 1 saturated heterocycles. The molecule has 1 atom stereocenters. The Labute approximate surface area is 202 Å². The smallest absolute Gasteiger partial charge is 0.309 e. The maximum atomic E-state index is 12.7. The summed E-state index contributed by atoms with van der Waals surface area (Å²) in [5.41, 5.74) is 2.11. The SMILES string of the molecule is CCOC(=O)C1CCN([C@H](c2ccc(Cl)cc2)c2cc(C)sc2NC(=O)c2ccco2)CC1. The van der Waals surface area contributed by atoms with Crippen molar-refractivity contribution in [3.05, 3.63) is 75.5 Å². The third kappa shape index (κ3) is 5.49. The van der Waals surface area contributed by atoms with Crippen molar-refractivity contribution in [1.82, 2.24) is 4.90 Å². The lowest BCUT2D eigenvalue weighted by Crippen LogP contribution is -2.39. The fourth-order valence-corrected chi connectivity index (χ4v) is 5.36. The van der Waals surface area contributed by atoms with Crippen LogP contribution in [0.1, 0.15) is 52.4 Å². The van der Waals surface area contributed by atoms with Crippen LogP contribution in [0.25, 0.3) is 0 Å². The van der Waals surface area contributed by atoms with E-state index in [4.69, 9.17) is 20.8 Å². The third-order valence-corrected chi connectivity index (χ3v) is 7.08. The molecular formula is C25H27ClN2O4S. The number of aryl methyl sites for hydroxylation is 1. The molecule has 1 amide bonds. The van der Waals surface area contributed by atoms with Gasteiger partial charge in [-0.1, -0.05) is 23.7 Å². The Bertz CT molecular complexity index is 1090. The Balaban J connectivity index is 1.63. The molecule has 3 heterocycles. The van der Waals surface area contributed by atoms with E-state index in [0.29, 0.717) is 11.6 Å². The number of nitrogens with one attached hydrogen (secondary N) is 1. The predicted molar refractivity (Wildman–Crippen MR) is 130 cm³/mol. The zero-order valence-corrected chi connectivity index (χ0v) is 20.2. The van der Waals surface area contributed by atoms with E-state index >= 15 is 0 Å². The van der Waals surface area contributed by atoms with E-state index in [0.717, 1.165) is 46.9 Å². The molecule has 2 aromatic heterocycles. The number of benzene rings is 1. The monoisotopic (exact) mass is 486 g/mol. The van der Waals surface area contributed by atoms with Crippen LogP contribution < -0.4 is 5.32 Å². The van der Waals surface area contributed by atoms with Crippen LogP contribution in [0.5, 0.6) is 0 Å². The van der Waals surface area contributed by atoms with Crippen molar-refractivity contribution in [2.45, 2.75) is 32.7 Å². The number of hydrogen-bond donors (Lipinski definition) is 1. The van der Waals surface area contributed by atoms with Crippen LogP contribution in [-0.2, 0) is 9.53 Å². The van der Waals surface area contributed by atoms with E-state index in [2.05, 4.69) is 16.3 Å². The zero-order chi connectivity index (χ0) is 23.4. The van der Waals surface area contributed by atoms with Crippen molar-refractivity contribution in [2.24, 2.45) is 5.92 Å². The number of esters is 1. The summed E-state index contributed by atoms with van der Waals surface area (Å²) in [6.07, 6.45) is 2.96. The third-order valence-electron chi connectivity index (χ3n) is 5.85. The second-order valence-electron chi connectivity index (χ2n) is 8.09. The number of carbonyl (C=O) groups excluding carboxylic acids is 2. The number of ether oxygens (including phenoxy) is 1. The molecule has 0 spiro atoms. The van der Waals surface area contributed by atoms with Gasteiger partial charge in [-0.25, -0.2) is 0 Å². The zero-order valence-electron chi connectivity index (χ0n) is 18.7. The standard InChI is InChI=1S/C25H27ClN2O4S/c1-3-31-25(30)18-10-12-28(13-11-18)22(17-6-8-19(26)9-7-17)20-15-16(2)33-24(20)27-23(29)21-5-4-14-32-21/h4-9,14-15,18,22H,3,10-13H2,1-2H3,(H,27,29)/t22-/m1/s1. The molecule has 6 nitrogen and oxygen atoms in total. The number of anilines is 1. The highest BCUT2D eigenvalue weighted by molar-refractivity contribution is 7.16. The first-order chi connectivity index (χ1) is 16.0. The first-order valence-electron chi connectivity index (χ1n) is 11.1. The van der Waals surface area contributed by atoms with Gasteiger partial charge in [0.1, 0.15) is 5.00 Å². The van der Waals surface area contributed by atoms with Gasteiger partial charge in [0.25, 0.3) is 5.91 Å². The second-order valence-corrected chi connectivity index (χ2v) is 9.78. The maximum Gasteiger partial charge on any atom is 0.309 e. The van der Waals surface area contributed by atoms with Crippen molar-refractivity contribution in [1.29, 1.82) is 0 Å². The van der Waals surface area contributed by atoms with Gasteiger partial charge in [-0.05, 0) is 75.7 Å². The molecule has 0 aliphatic carbocycles. The Hall–Kier alpha value is -2.61. The van der Waals surface area contributed by atoms with Crippen LogP contribution in [0.4, 0.5) is 5.00 Å². The lowest BCUT2D eigenvalue weighted by atomic mass is 9.92. The fourth-order valence-electron chi connectivity index (χ4n) is 4.29. The van der Waals surface area contributed by atoms with E-state index in [1.165, 1.54) is 6.26 Å². The number of hydrogen-bond acceptors (Lipinski definition) is 6. The molecule has 1 aromatic carbocycles. The average molecular weight is 487 g/mol. The van der Waals surface area contributed by atoms with Gasteiger partial charge in [-0.15, -0.1) is 11.3 Å². The number of nitrogens with zero attached hydrogens (tertiary/aromatic N) is 1. The lowest BCUT2D eigenvalue weighted by Gasteiger charge is -2.37. The van der Waals surface area contributed by atoms with Crippen LogP contribution >= 0.6 is 22.9 Å². The molecule has 0 bridgehead atoms. The van der Waals surface area contributed by atoms with E-state index in [-0.39, 0.29) is 29.6 Å². The van der Waals surface area contributed by atoms with Gasteiger partial charge in [-0.2, -0.15) is 0 Å². The molecule has 174 valence electrons. The van der Waals surface area contributed by atoms with E-state index in [1.807, 2.05) is 38.1 Å². The van der Waals surface area contributed by atoms with Gasteiger partial charge in [0, 0.05) is 15.5 Å². The molecule has 1 aliphatic rings. The number of amides is 1. The number of likely N-dealkylation sites (tertiary alicyclic amines) is 1. The first kappa shape index (κ1) is 23.5. The largest absolute Gasteiger partial charge is 0.466 e. The van der Waals surface area contributed by atoms with Crippen LogP contribution in [-0.4, -0.2) is 36.5 Å². The number of carbonyl (C=O) groups is 2. The van der Waals surface area contributed by atoms with Gasteiger partial charge in [0.15, 0.2) is 5.76 Å². The lowest BCUT2D eigenvalue weighted by molar-refractivity contribution is -0.149. The molecule has 4 rings (SSSR count). The van der Waals surface area contributed by atoms with E-state index in [9.17, 15) is 9.59 Å². The van der Waals surface area contributed by atoms with Crippen LogP contribution in [0.2, 0.25) is 5.02 Å². The van der Waals surface area contributed by atoms with Gasteiger partial charge < -0.3 is 14.5 Å². The topological polar surface area (TPSA) is 71.8 Å². The summed E-state index contributed by atoms with van der Waals surface area (Å²) in [5, 5.41) is 4.50.